The van der Waals surface area contributed by atoms with E-state index in [1.807, 2.05) is 44.6 Å². The first-order valence-electron chi connectivity index (χ1n) is 7.16. The maximum Gasteiger partial charge on any atom is 0.123 e. The van der Waals surface area contributed by atoms with E-state index in [9.17, 15) is 0 Å². The second kappa shape index (κ2) is 7.00. The number of hydrogen-bond acceptors (Lipinski definition) is 4. The second-order valence-electron chi connectivity index (χ2n) is 5.13. The average molecular weight is 305 g/mol. The summed E-state index contributed by atoms with van der Waals surface area (Å²) in [6.07, 6.45) is 0. The van der Waals surface area contributed by atoms with Gasteiger partial charge in [0.15, 0.2) is 0 Å². The molecule has 0 aliphatic heterocycles. The fourth-order valence-corrected chi connectivity index (χ4v) is 3.18. The van der Waals surface area contributed by atoms with E-state index in [0.717, 1.165) is 27.8 Å². The van der Waals surface area contributed by atoms with Crippen molar-refractivity contribution in [2.24, 2.45) is 12.8 Å². The number of rotatable bonds is 6. The molecule has 1 aromatic heterocycles. The molecule has 2 aromatic rings. The molecule has 0 radical (unpaired) electrons. The van der Waals surface area contributed by atoms with Crippen molar-refractivity contribution in [1.82, 2.24) is 9.78 Å². The van der Waals surface area contributed by atoms with E-state index in [1.54, 1.807) is 11.8 Å². The minimum atomic E-state index is 0.0309. The first-order chi connectivity index (χ1) is 10.0. The van der Waals surface area contributed by atoms with Crippen LogP contribution in [0, 0.1) is 6.92 Å². The van der Waals surface area contributed by atoms with Crippen molar-refractivity contribution in [3.8, 4) is 5.75 Å². The van der Waals surface area contributed by atoms with Crippen LogP contribution in [0.2, 0.25) is 0 Å². The Hall–Kier alpha value is -1.46. The van der Waals surface area contributed by atoms with Crippen molar-refractivity contribution < 1.29 is 4.74 Å². The van der Waals surface area contributed by atoms with E-state index >= 15 is 0 Å². The highest BCUT2D eigenvalue weighted by Gasteiger charge is 2.10. The number of aryl methyl sites for hydroxylation is 2. The summed E-state index contributed by atoms with van der Waals surface area (Å²) in [5, 5.41) is 5.53. The third-order valence-corrected chi connectivity index (χ3v) is 4.38. The molecule has 4 nitrogen and oxygen atoms in total. The lowest BCUT2D eigenvalue weighted by atomic mass is 10.1. The Morgan fingerprint density at radius 1 is 1.38 bits per heavy atom. The number of ether oxygens (including phenoxy) is 1. The highest BCUT2D eigenvalue weighted by molar-refractivity contribution is 7.98. The molecule has 1 unspecified atom stereocenters. The van der Waals surface area contributed by atoms with Gasteiger partial charge in [0, 0.05) is 24.4 Å². The monoisotopic (exact) mass is 305 g/mol. The van der Waals surface area contributed by atoms with Crippen LogP contribution in [0.5, 0.6) is 5.75 Å². The van der Waals surface area contributed by atoms with Crippen LogP contribution in [0.4, 0.5) is 0 Å². The zero-order valence-corrected chi connectivity index (χ0v) is 13.9. The van der Waals surface area contributed by atoms with Gasteiger partial charge in [-0.1, -0.05) is 6.07 Å². The predicted octanol–water partition coefficient (Wildman–Crippen LogP) is 3.44. The van der Waals surface area contributed by atoms with Gasteiger partial charge in [-0.25, -0.2) is 0 Å². The Bertz CT molecular complexity index is 608. The fourth-order valence-electron chi connectivity index (χ4n) is 2.17. The molecule has 1 atom stereocenters. The molecule has 0 fully saturated rings. The minimum Gasteiger partial charge on any atom is -0.494 e. The number of aromatic nitrogens is 2. The quantitative estimate of drug-likeness (QED) is 0.831. The molecule has 1 heterocycles. The maximum atomic E-state index is 5.98. The lowest BCUT2D eigenvalue weighted by Gasteiger charge is -2.13. The summed E-state index contributed by atoms with van der Waals surface area (Å²) in [6, 6.07) is 8.33. The van der Waals surface area contributed by atoms with Gasteiger partial charge in [0.05, 0.1) is 17.3 Å². The number of nitrogens with two attached hydrogens (primary N) is 1. The molecule has 1 aromatic carbocycles. The first-order valence-corrected chi connectivity index (χ1v) is 8.14. The Labute approximate surface area is 130 Å². The maximum absolute atomic E-state index is 5.98. The average Bonchev–Trinajstić information content (AvgIpc) is 2.76. The summed E-state index contributed by atoms with van der Waals surface area (Å²) in [4.78, 5) is 0. The van der Waals surface area contributed by atoms with Crippen LogP contribution in [-0.4, -0.2) is 16.4 Å². The minimum absolute atomic E-state index is 0.0309. The van der Waals surface area contributed by atoms with Crippen LogP contribution >= 0.6 is 11.8 Å². The van der Waals surface area contributed by atoms with Crippen molar-refractivity contribution >= 4 is 11.8 Å². The third kappa shape index (κ3) is 4.02. The largest absolute Gasteiger partial charge is 0.494 e. The summed E-state index contributed by atoms with van der Waals surface area (Å²) >= 11 is 1.76. The van der Waals surface area contributed by atoms with Gasteiger partial charge in [0.25, 0.3) is 0 Å². The van der Waals surface area contributed by atoms with Gasteiger partial charge in [0.2, 0.25) is 0 Å². The Kier molecular flexibility index (Phi) is 5.31. The molecule has 0 saturated heterocycles. The van der Waals surface area contributed by atoms with Crippen LogP contribution in [0.1, 0.15) is 36.7 Å². The second-order valence-corrected chi connectivity index (χ2v) is 6.12. The number of benzene rings is 1. The summed E-state index contributed by atoms with van der Waals surface area (Å²) in [6.45, 7) is 6.67. The van der Waals surface area contributed by atoms with Crippen LogP contribution in [0.3, 0.4) is 0 Å². The van der Waals surface area contributed by atoms with Gasteiger partial charge >= 0.3 is 0 Å². The van der Waals surface area contributed by atoms with Crippen molar-refractivity contribution in [2.75, 3.05) is 6.61 Å². The smallest absolute Gasteiger partial charge is 0.123 e. The molecule has 114 valence electrons. The van der Waals surface area contributed by atoms with Gasteiger partial charge < -0.3 is 10.5 Å². The van der Waals surface area contributed by atoms with E-state index in [0.29, 0.717) is 6.61 Å². The van der Waals surface area contributed by atoms with Crippen LogP contribution < -0.4 is 10.5 Å². The molecule has 0 aliphatic carbocycles. The zero-order valence-electron chi connectivity index (χ0n) is 13.1. The Balaban J connectivity index is 2.20. The van der Waals surface area contributed by atoms with E-state index < -0.39 is 0 Å². The number of nitrogens with zero attached hydrogens (tertiary/aromatic N) is 2. The SMILES string of the molecule is CCOc1ccc(C(C)N)cc1CSc1cc(C)nn1C. The summed E-state index contributed by atoms with van der Waals surface area (Å²) in [7, 11) is 1.97. The Morgan fingerprint density at radius 3 is 2.71 bits per heavy atom. The molecule has 0 aliphatic rings. The van der Waals surface area contributed by atoms with Crippen LogP contribution in [0.15, 0.2) is 29.3 Å². The van der Waals surface area contributed by atoms with Crippen molar-refractivity contribution in [3.63, 3.8) is 0 Å². The van der Waals surface area contributed by atoms with Gasteiger partial charge in [-0.3, -0.25) is 4.68 Å². The molecule has 2 rings (SSSR count). The molecule has 0 saturated carbocycles. The van der Waals surface area contributed by atoms with E-state index in [1.165, 1.54) is 5.56 Å². The van der Waals surface area contributed by atoms with Crippen molar-refractivity contribution in [3.05, 3.63) is 41.1 Å². The lowest BCUT2D eigenvalue weighted by molar-refractivity contribution is 0.337. The third-order valence-electron chi connectivity index (χ3n) is 3.24. The predicted molar refractivity (Wildman–Crippen MR) is 87.7 cm³/mol. The molecule has 2 N–H and O–H groups in total. The van der Waals surface area contributed by atoms with E-state index in [-0.39, 0.29) is 6.04 Å². The Morgan fingerprint density at radius 2 is 2.14 bits per heavy atom. The van der Waals surface area contributed by atoms with Crippen molar-refractivity contribution in [1.29, 1.82) is 0 Å². The summed E-state index contributed by atoms with van der Waals surface area (Å²) in [5.41, 5.74) is 9.33. The molecule has 5 heteroatoms. The normalized spacial score (nSPS) is 12.4. The highest BCUT2D eigenvalue weighted by Crippen LogP contribution is 2.30. The molecule has 0 amide bonds. The lowest BCUT2D eigenvalue weighted by Crippen LogP contribution is -2.06. The topological polar surface area (TPSA) is 53.1 Å². The van der Waals surface area contributed by atoms with Crippen LogP contribution in [-0.2, 0) is 12.8 Å². The molecule has 21 heavy (non-hydrogen) atoms. The molecular weight excluding hydrogens is 282 g/mol. The summed E-state index contributed by atoms with van der Waals surface area (Å²) < 4.78 is 7.63. The van der Waals surface area contributed by atoms with Gasteiger partial charge in [-0.05, 0) is 44.5 Å². The van der Waals surface area contributed by atoms with E-state index in [4.69, 9.17) is 10.5 Å². The first kappa shape index (κ1) is 15.9. The molecular formula is C16H23N3OS. The number of hydrogen-bond donors (Lipinski definition) is 1. The van der Waals surface area contributed by atoms with Gasteiger partial charge in [0.1, 0.15) is 5.75 Å². The van der Waals surface area contributed by atoms with Gasteiger partial charge in [-0.2, -0.15) is 5.10 Å². The highest BCUT2D eigenvalue weighted by atomic mass is 32.2. The fraction of sp³-hybridized carbons (Fsp3) is 0.438. The van der Waals surface area contributed by atoms with E-state index in [2.05, 4.69) is 17.2 Å². The van der Waals surface area contributed by atoms with Crippen molar-refractivity contribution in [2.45, 2.75) is 37.6 Å². The molecule has 0 bridgehead atoms. The van der Waals surface area contributed by atoms with Crippen LogP contribution in [0.25, 0.3) is 0 Å². The number of thioether (sulfide) groups is 1. The summed E-state index contributed by atoms with van der Waals surface area (Å²) in [5.74, 6) is 1.78. The van der Waals surface area contributed by atoms with Gasteiger partial charge in [-0.15, -0.1) is 11.8 Å². The molecule has 0 spiro atoms. The standard InChI is InChI=1S/C16H23N3OS/c1-5-20-15-7-6-13(12(3)17)9-14(15)10-21-16-8-11(2)18-19(16)4/h6-9,12H,5,10,17H2,1-4H3. The zero-order chi connectivity index (χ0) is 15.4.